The Kier molecular flexibility index (Phi) is 4.34. The maximum absolute atomic E-state index is 14.0. The number of hydrogen-bond acceptors (Lipinski definition) is 4. The van der Waals surface area contributed by atoms with Gasteiger partial charge in [0.05, 0.1) is 5.41 Å². The molecular weight excluding hydrogens is 331 g/mol. The van der Waals surface area contributed by atoms with Crippen molar-refractivity contribution in [2.75, 3.05) is 31.1 Å². The Bertz CT molecular complexity index is 813. The van der Waals surface area contributed by atoms with E-state index in [0.29, 0.717) is 25.1 Å². The van der Waals surface area contributed by atoms with E-state index in [4.69, 9.17) is 0 Å². The largest absolute Gasteiger partial charge is 0.353 e. The van der Waals surface area contributed by atoms with Crippen molar-refractivity contribution < 1.29 is 9.18 Å². The van der Waals surface area contributed by atoms with Gasteiger partial charge >= 0.3 is 0 Å². The van der Waals surface area contributed by atoms with Crippen LogP contribution in [0.2, 0.25) is 0 Å². The third kappa shape index (κ3) is 3.28. The minimum absolute atomic E-state index is 0.180. The number of carbonyl (C=O) groups excluding carboxylic acids is 1. The molecule has 5 nitrogen and oxygen atoms in total. The van der Waals surface area contributed by atoms with Crippen molar-refractivity contribution in [2.24, 2.45) is 5.41 Å². The SMILES string of the molecule is Cc1nccc(N2CCN(C(=O)C3(Cc4ccccc4F)CC3)CC2)n1. The molecule has 6 heteroatoms. The second-order valence-electron chi connectivity index (χ2n) is 7.29. The molecular formula is C20H23FN4O. The second-order valence-corrected chi connectivity index (χ2v) is 7.29. The van der Waals surface area contributed by atoms with Gasteiger partial charge in [-0.15, -0.1) is 0 Å². The lowest BCUT2D eigenvalue weighted by Gasteiger charge is -2.37. The number of aromatic nitrogens is 2. The van der Waals surface area contributed by atoms with Crippen LogP contribution in [0.1, 0.15) is 24.2 Å². The van der Waals surface area contributed by atoms with Gasteiger partial charge in [-0.2, -0.15) is 0 Å². The number of amides is 1. The highest BCUT2D eigenvalue weighted by atomic mass is 19.1. The molecule has 1 aromatic carbocycles. The van der Waals surface area contributed by atoms with Gasteiger partial charge in [0.25, 0.3) is 0 Å². The van der Waals surface area contributed by atoms with Crippen molar-refractivity contribution in [3.8, 4) is 0 Å². The minimum Gasteiger partial charge on any atom is -0.353 e. The standard InChI is InChI=1S/C20H23FN4O/c1-15-22-9-6-18(23-15)24-10-12-25(13-11-24)19(26)20(7-8-20)14-16-4-2-3-5-17(16)21/h2-6,9H,7-8,10-14H2,1H3. The van der Waals surface area contributed by atoms with Crippen LogP contribution < -0.4 is 4.90 Å². The molecule has 2 heterocycles. The van der Waals surface area contributed by atoms with Gasteiger partial charge in [0.15, 0.2) is 0 Å². The molecule has 4 rings (SSSR count). The molecule has 0 atom stereocenters. The van der Waals surface area contributed by atoms with Crippen molar-refractivity contribution in [3.63, 3.8) is 0 Å². The summed E-state index contributed by atoms with van der Waals surface area (Å²) in [5.41, 5.74) is 0.254. The molecule has 0 unspecified atom stereocenters. The van der Waals surface area contributed by atoms with Gasteiger partial charge in [0, 0.05) is 32.4 Å². The highest BCUT2D eigenvalue weighted by Gasteiger charge is 2.52. The lowest BCUT2D eigenvalue weighted by molar-refractivity contribution is -0.137. The van der Waals surface area contributed by atoms with Gasteiger partial charge in [-0.1, -0.05) is 18.2 Å². The summed E-state index contributed by atoms with van der Waals surface area (Å²) >= 11 is 0. The van der Waals surface area contributed by atoms with E-state index in [1.54, 1.807) is 18.3 Å². The lowest BCUT2D eigenvalue weighted by Crippen LogP contribution is -2.51. The molecule has 1 aromatic heterocycles. The molecule has 1 amide bonds. The van der Waals surface area contributed by atoms with Crippen LogP contribution in [0.15, 0.2) is 36.5 Å². The fraction of sp³-hybridized carbons (Fsp3) is 0.450. The fourth-order valence-electron chi connectivity index (χ4n) is 3.72. The number of halogens is 1. The first-order chi connectivity index (χ1) is 12.6. The van der Waals surface area contributed by atoms with Gasteiger partial charge < -0.3 is 9.80 Å². The van der Waals surface area contributed by atoms with Crippen LogP contribution in [-0.2, 0) is 11.2 Å². The Hall–Kier alpha value is -2.50. The molecule has 2 aromatic rings. The van der Waals surface area contributed by atoms with Crippen LogP contribution in [-0.4, -0.2) is 47.0 Å². The number of piperazine rings is 1. The summed E-state index contributed by atoms with van der Waals surface area (Å²) in [6.45, 7) is 4.76. The van der Waals surface area contributed by atoms with Gasteiger partial charge in [-0.3, -0.25) is 4.79 Å². The smallest absolute Gasteiger partial charge is 0.229 e. The zero-order chi connectivity index (χ0) is 18.1. The molecule has 1 saturated carbocycles. The first kappa shape index (κ1) is 16.9. The first-order valence-corrected chi connectivity index (χ1v) is 9.15. The van der Waals surface area contributed by atoms with Crippen LogP contribution in [0, 0.1) is 18.2 Å². The molecule has 1 saturated heterocycles. The van der Waals surface area contributed by atoms with E-state index in [1.807, 2.05) is 24.0 Å². The van der Waals surface area contributed by atoms with Gasteiger partial charge in [-0.05, 0) is 43.9 Å². The molecule has 0 spiro atoms. The van der Waals surface area contributed by atoms with Crippen molar-refractivity contribution in [3.05, 3.63) is 53.7 Å². The highest BCUT2D eigenvalue weighted by molar-refractivity contribution is 5.86. The molecule has 1 aliphatic carbocycles. The summed E-state index contributed by atoms with van der Waals surface area (Å²) < 4.78 is 14.0. The maximum atomic E-state index is 14.0. The highest BCUT2D eigenvalue weighted by Crippen LogP contribution is 2.50. The topological polar surface area (TPSA) is 49.3 Å². The summed E-state index contributed by atoms with van der Waals surface area (Å²) in [4.78, 5) is 25.8. The van der Waals surface area contributed by atoms with Crippen LogP contribution in [0.25, 0.3) is 0 Å². The van der Waals surface area contributed by atoms with E-state index in [2.05, 4.69) is 14.9 Å². The third-order valence-electron chi connectivity index (χ3n) is 5.45. The van der Waals surface area contributed by atoms with Crippen molar-refractivity contribution >= 4 is 11.7 Å². The fourth-order valence-corrected chi connectivity index (χ4v) is 3.72. The van der Waals surface area contributed by atoms with Gasteiger partial charge in [0.1, 0.15) is 17.5 Å². The second kappa shape index (κ2) is 6.67. The molecule has 136 valence electrons. The number of nitrogens with zero attached hydrogens (tertiary/aromatic N) is 4. The number of hydrogen-bond donors (Lipinski definition) is 0. The molecule has 1 aliphatic heterocycles. The molecule has 0 bridgehead atoms. The Morgan fingerprint density at radius 3 is 2.54 bits per heavy atom. The predicted octanol–water partition coefficient (Wildman–Crippen LogP) is 2.60. The molecule has 2 aliphatic rings. The zero-order valence-electron chi connectivity index (χ0n) is 15.0. The summed E-state index contributed by atoms with van der Waals surface area (Å²) in [5, 5.41) is 0. The van der Waals surface area contributed by atoms with E-state index in [-0.39, 0.29) is 11.7 Å². The molecule has 0 radical (unpaired) electrons. The van der Waals surface area contributed by atoms with E-state index in [1.165, 1.54) is 6.07 Å². The number of aryl methyl sites for hydroxylation is 1. The Morgan fingerprint density at radius 1 is 1.15 bits per heavy atom. The first-order valence-electron chi connectivity index (χ1n) is 9.15. The minimum atomic E-state index is -0.393. The average molecular weight is 354 g/mol. The van der Waals surface area contributed by atoms with Gasteiger partial charge in [-0.25, -0.2) is 14.4 Å². The monoisotopic (exact) mass is 354 g/mol. The quantitative estimate of drug-likeness (QED) is 0.847. The number of benzene rings is 1. The van der Waals surface area contributed by atoms with E-state index < -0.39 is 5.41 Å². The predicted molar refractivity (Wildman–Crippen MR) is 97.3 cm³/mol. The Morgan fingerprint density at radius 2 is 1.88 bits per heavy atom. The van der Waals surface area contributed by atoms with Crippen molar-refractivity contribution in [1.82, 2.24) is 14.9 Å². The van der Waals surface area contributed by atoms with E-state index >= 15 is 0 Å². The third-order valence-corrected chi connectivity index (χ3v) is 5.45. The Labute approximate surface area is 152 Å². The summed E-state index contributed by atoms with van der Waals surface area (Å²) in [7, 11) is 0. The summed E-state index contributed by atoms with van der Waals surface area (Å²) in [6.07, 6.45) is 3.98. The normalized spacial score (nSPS) is 18.7. The van der Waals surface area contributed by atoms with Crippen molar-refractivity contribution in [1.29, 1.82) is 0 Å². The van der Waals surface area contributed by atoms with E-state index in [9.17, 15) is 9.18 Å². The van der Waals surface area contributed by atoms with Gasteiger partial charge in [0.2, 0.25) is 5.91 Å². The van der Waals surface area contributed by atoms with Crippen LogP contribution in [0.4, 0.5) is 10.2 Å². The zero-order valence-corrected chi connectivity index (χ0v) is 15.0. The summed E-state index contributed by atoms with van der Waals surface area (Å²) in [6, 6.07) is 8.69. The number of anilines is 1. The maximum Gasteiger partial charge on any atom is 0.229 e. The van der Waals surface area contributed by atoms with Crippen LogP contribution in [0.5, 0.6) is 0 Å². The Balaban J connectivity index is 1.40. The van der Waals surface area contributed by atoms with Crippen molar-refractivity contribution in [2.45, 2.75) is 26.2 Å². The summed E-state index contributed by atoms with van der Waals surface area (Å²) in [5.74, 6) is 1.63. The molecule has 0 N–H and O–H groups in total. The number of rotatable bonds is 4. The van der Waals surface area contributed by atoms with Crippen LogP contribution in [0.3, 0.4) is 0 Å². The molecule has 2 fully saturated rings. The molecule has 26 heavy (non-hydrogen) atoms. The lowest BCUT2D eigenvalue weighted by atomic mass is 9.94. The van der Waals surface area contributed by atoms with Crippen LogP contribution >= 0.6 is 0 Å². The average Bonchev–Trinajstić information content (AvgIpc) is 3.44. The number of carbonyl (C=O) groups is 1. The van der Waals surface area contributed by atoms with E-state index in [0.717, 1.165) is 37.6 Å².